The van der Waals surface area contributed by atoms with Gasteiger partial charge in [0, 0.05) is 43.8 Å². The molecule has 2 unspecified atom stereocenters. The molecule has 3 rings (SSSR count). The first-order valence-electron chi connectivity index (χ1n) is 11.5. The molecule has 0 bridgehead atoms. The van der Waals surface area contributed by atoms with E-state index in [0.717, 1.165) is 49.3 Å². The van der Waals surface area contributed by atoms with Gasteiger partial charge < -0.3 is 25.5 Å². The van der Waals surface area contributed by atoms with Gasteiger partial charge in [0.1, 0.15) is 17.6 Å². The Balaban J connectivity index is 2.08. The summed E-state index contributed by atoms with van der Waals surface area (Å²) < 4.78 is 0. The molecule has 4 N–H and O–H groups in total. The first-order valence-corrected chi connectivity index (χ1v) is 11.5. The largest absolute Gasteiger partial charge is 0.389 e. The lowest BCUT2D eigenvalue weighted by atomic mass is 9.84. The molecule has 0 amide bonds. The second-order valence-corrected chi connectivity index (χ2v) is 8.84. The molecule has 1 aromatic carbocycles. The van der Waals surface area contributed by atoms with E-state index in [4.69, 9.17) is 5.41 Å². The quantitative estimate of drug-likeness (QED) is 0.533. The molecule has 1 saturated heterocycles. The Kier molecular flexibility index (Phi) is 6.99. The van der Waals surface area contributed by atoms with E-state index in [9.17, 15) is 5.11 Å². The predicted octanol–water partition coefficient (Wildman–Crippen LogP) is 3.92. The summed E-state index contributed by atoms with van der Waals surface area (Å²) in [5, 5.41) is 27.9. The van der Waals surface area contributed by atoms with Crippen molar-refractivity contribution in [1.29, 1.82) is 5.41 Å². The van der Waals surface area contributed by atoms with Crippen LogP contribution in [-0.2, 0) is 0 Å². The maximum Gasteiger partial charge on any atom is 0.143 e. The molecular weight excluding hydrogens is 386 g/mol. The van der Waals surface area contributed by atoms with E-state index in [0.29, 0.717) is 12.3 Å². The summed E-state index contributed by atoms with van der Waals surface area (Å²) in [6.07, 6.45) is 6.85. The summed E-state index contributed by atoms with van der Waals surface area (Å²) in [6.45, 7) is 12.2. The van der Waals surface area contributed by atoms with Crippen molar-refractivity contribution in [3.63, 3.8) is 0 Å². The predicted molar refractivity (Wildman–Crippen MR) is 129 cm³/mol. The van der Waals surface area contributed by atoms with Gasteiger partial charge in [-0.25, -0.2) is 0 Å². The van der Waals surface area contributed by atoms with Crippen LogP contribution in [0.15, 0.2) is 35.8 Å². The molecule has 0 aliphatic carbocycles. The van der Waals surface area contributed by atoms with Gasteiger partial charge in [-0.1, -0.05) is 31.0 Å². The fourth-order valence-electron chi connectivity index (χ4n) is 5.39. The average Bonchev–Trinajstić information content (AvgIpc) is 3.20. The molecule has 6 nitrogen and oxygen atoms in total. The molecule has 0 spiro atoms. The zero-order valence-electron chi connectivity index (χ0n) is 20.0. The van der Waals surface area contributed by atoms with Crippen molar-refractivity contribution in [2.24, 2.45) is 0 Å². The highest BCUT2D eigenvalue weighted by Crippen LogP contribution is 2.36. The molecule has 2 aliphatic rings. The number of likely N-dealkylation sites (N-methyl/N-ethyl adjacent to an activating group) is 2. The number of amidine groups is 1. The molecule has 0 radical (unpaired) electrons. The average molecular weight is 426 g/mol. The fraction of sp³-hybridized carbons (Fsp3) is 0.560. The summed E-state index contributed by atoms with van der Waals surface area (Å²) in [6, 6.07) is 4.38. The molecular formula is C25H39N5O. The molecule has 1 fully saturated rings. The van der Waals surface area contributed by atoms with Gasteiger partial charge in [-0.2, -0.15) is 0 Å². The minimum absolute atomic E-state index is 0.251. The summed E-state index contributed by atoms with van der Waals surface area (Å²) in [5.41, 5.74) is 5.31. The van der Waals surface area contributed by atoms with Crippen LogP contribution in [0.3, 0.4) is 0 Å². The number of nitrogens with one attached hydrogen (secondary N) is 3. The summed E-state index contributed by atoms with van der Waals surface area (Å²) >= 11 is 0. The standard InChI is InChI=1S/C25H39N5O/c1-7-11-25(31,24-28-12-14-29(24)8-2)22(27-6)20-10-9-13-30(23(20)26)21-18(4)15-17(3)16-19(21)5/h12,14-16,24,26-28,31H,7-11,13H2,1-6H3/b22-20-,26-23?. The van der Waals surface area contributed by atoms with Crippen molar-refractivity contribution >= 4 is 11.5 Å². The van der Waals surface area contributed by atoms with Crippen LogP contribution in [-0.4, -0.2) is 47.7 Å². The Bertz CT molecular complexity index is 867. The van der Waals surface area contributed by atoms with E-state index in [1.54, 1.807) is 0 Å². The van der Waals surface area contributed by atoms with Crippen LogP contribution >= 0.6 is 0 Å². The SMILES string of the molecule is CCCC(O)(/C(NC)=C1\CCCN(c2c(C)cc(C)cc2C)C1=N)C1NC=CN1CC. The molecule has 1 aromatic rings. The first-order chi connectivity index (χ1) is 14.8. The van der Waals surface area contributed by atoms with Crippen LogP contribution in [0.1, 0.15) is 56.2 Å². The number of aliphatic hydroxyl groups is 1. The molecule has 31 heavy (non-hydrogen) atoms. The highest BCUT2D eigenvalue weighted by molar-refractivity contribution is 6.09. The molecule has 6 heteroatoms. The minimum atomic E-state index is -1.12. The van der Waals surface area contributed by atoms with Crippen molar-refractivity contribution < 1.29 is 5.11 Å². The van der Waals surface area contributed by atoms with E-state index < -0.39 is 5.60 Å². The summed E-state index contributed by atoms with van der Waals surface area (Å²) in [4.78, 5) is 4.26. The lowest BCUT2D eigenvalue weighted by molar-refractivity contribution is -0.0165. The van der Waals surface area contributed by atoms with Crippen LogP contribution in [0.25, 0.3) is 0 Å². The minimum Gasteiger partial charge on any atom is -0.389 e. The number of hydrogen-bond donors (Lipinski definition) is 4. The molecule has 0 aromatic heterocycles. The lowest BCUT2D eigenvalue weighted by Gasteiger charge is -2.43. The number of piperidine rings is 1. The second-order valence-electron chi connectivity index (χ2n) is 8.84. The smallest absolute Gasteiger partial charge is 0.143 e. The first kappa shape index (κ1) is 23.2. The van der Waals surface area contributed by atoms with Gasteiger partial charge in [0.15, 0.2) is 0 Å². The van der Waals surface area contributed by atoms with Crippen molar-refractivity contribution in [3.05, 3.63) is 52.5 Å². The number of rotatable bonds is 7. The third kappa shape index (κ3) is 4.18. The Morgan fingerprint density at radius 1 is 1.26 bits per heavy atom. The van der Waals surface area contributed by atoms with E-state index in [1.807, 2.05) is 19.4 Å². The van der Waals surface area contributed by atoms with E-state index in [2.05, 4.69) is 67.2 Å². The Hall–Kier alpha value is -2.47. The van der Waals surface area contributed by atoms with Crippen molar-refractivity contribution in [2.45, 2.75) is 72.1 Å². The van der Waals surface area contributed by atoms with Crippen LogP contribution in [0.2, 0.25) is 0 Å². The van der Waals surface area contributed by atoms with Gasteiger partial charge in [-0.15, -0.1) is 0 Å². The molecule has 2 heterocycles. The number of nitrogens with zero attached hydrogens (tertiary/aromatic N) is 2. The molecule has 2 atom stereocenters. The Labute approximate surface area is 187 Å². The van der Waals surface area contributed by atoms with Gasteiger partial charge >= 0.3 is 0 Å². The van der Waals surface area contributed by atoms with Crippen molar-refractivity contribution in [2.75, 3.05) is 25.0 Å². The zero-order valence-corrected chi connectivity index (χ0v) is 20.0. The maximum absolute atomic E-state index is 12.1. The maximum atomic E-state index is 12.1. The van der Waals surface area contributed by atoms with Gasteiger partial charge in [0.2, 0.25) is 0 Å². The third-order valence-corrected chi connectivity index (χ3v) is 6.55. The molecule has 170 valence electrons. The summed E-state index contributed by atoms with van der Waals surface area (Å²) in [5.74, 6) is 0.495. The normalized spacial score (nSPS) is 22.4. The number of anilines is 1. The highest BCUT2D eigenvalue weighted by atomic mass is 16.3. The van der Waals surface area contributed by atoms with Crippen LogP contribution in [0.4, 0.5) is 5.69 Å². The topological polar surface area (TPSA) is 74.6 Å². The van der Waals surface area contributed by atoms with Crippen LogP contribution < -0.4 is 15.5 Å². The second kappa shape index (κ2) is 9.35. The Morgan fingerprint density at radius 3 is 2.52 bits per heavy atom. The van der Waals surface area contributed by atoms with E-state index in [1.165, 1.54) is 16.7 Å². The highest BCUT2D eigenvalue weighted by Gasteiger charge is 2.45. The van der Waals surface area contributed by atoms with E-state index in [-0.39, 0.29) is 6.17 Å². The number of benzene rings is 1. The zero-order chi connectivity index (χ0) is 22.8. The monoisotopic (exact) mass is 425 g/mol. The third-order valence-electron chi connectivity index (χ3n) is 6.55. The molecule has 2 aliphatic heterocycles. The van der Waals surface area contributed by atoms with E-state index >= 15 is 0 Å². The van der Waals surface area contributed by atoms with Crippen LogP contribution in [0, 0.1) is 26.2 Å². The summed E-state index contributed by atoms with van der Waals surface area (Å²) in [7, 11) is 1.87. The molecule has 0 saturated carbocycles. The van der Waals surface area contributed by atoms with Crippen molar-refractivity contribution in [1.82, 2.24) is 15.5 Å². The Morgan fingerprint density at radius 2 is 1.94 bits per heavy atom. The number of aryl methyl sites for hydroxylation is 3. The number of hydrogen-bond acceptors (Lipinski definition) is 5. The van der Waals surface area contributed by atoms with Gasteiger partial charge in [-0.3, -0.25) is 5.41 Å². The lowest BCUT2D eigenvalue weighted by Crippen LogP contribution is -2.59. The van der Waals surface area contributed by atoms with Gasteiger partial charge in [-0.05, 0) is 58.1 Å². The van der Waals surface area contributed by atoms with Crippen molar-refractivity contribution in [3.8, 4) is 0 Å². The van der Waals surface area contributed by atoms with Gasteiger partial charge in [0.05, 0.1) is 5.70 Å². The van der Waals surface area contributed by atoms with Gasteiger partial charge in [0.25, 0.3) is 0 Å². The fourth-order valence-corrected chi connectivity index (χ4v) is 5.39. The van der Waals surface area contributed by atoms with Crippen LogP contribution in [0.5, 0.6) is 0 Å².